The number of hydrogen-bond acceptors (Lipinski definition) is 4. The summed E-state index contributed by atoms with van der Waals surface area (Å²) in [5.74, 6) is -1.21. The van der Waals surface area contributed by atoms with Crippen LogP contribution in [0, 0.1) is 0 Å². The van der Waals surface area contributed by atoms with Gasteiger partial charge in [0.25, 0.3) is 5.91 Å². The van der Waals surface area contributed by atoms with Crippen molar-refractivity contribution >= 4 is 5.91 Å². The molecule has 1 aromatic carbocycles. The third-order valence-electron chi connectivity index (χ3n) is 1.32. The Bertz CT molecular complexity index is 324. The van der Waals surface area contributed by atoms with E-state index in [-0.39, 0.29) is 23.9 Å². The summed E-state index contributed by atoms with van der Waals surface area (Å²) in [6, 6.07) is 3.79. The standard InChI is InChI=1S/C8H8NO4/c9-8(12)4-13-5-1-2-6(10)7(11)3-5/h1-3,9-11H,4H2. The summed E-state index contributed by atoms with van der Waals surface area (Å²) in [6.45, 7) is -0.371. The molecule has 0 fully saturated rings. The van der Waals surface area contributed by atoms with Crippen LogP contribution in [0.1, 0.15) is 0 Å². The van der Waals surface area contributed by atoms with Crippen LogP contribution in [-0.2, 0) is 4.79 Å². The Kier molecular flexibility index (Phi) is 2.59. The van der Waals surface area contributed by atoms with Gasteiger partial charge in [-0.3, -0.25) is 10.5 Å². The van der Waals surface area contributed by atoms with E-state index < -0.39 is 5.91 Å². The molecule has 5 nitrogen and oxygen atoms in total. The zero-order valence-electron chi connectivity index (χ0n) is 6.65. The predicted molar refractivity (Wildman–Crippen MR) is 43.4 cm³/mol. The second-order valence-corrected chi connectivity index (χ2v) is 2.36. The third-order valence-corrected chi connectivity index (χ3v) is 1.32. The molecule has 0 saturated carbocycles. The molecule has 1 radical (unpaired) electrons. The normalized spacial score (nSPS) is 9.54. The van der Waals surface area contributed by atoms with Crippen LogP contribution in [0.2, 0.25) is 0 Å². The molecule has 0 aliphatic carbocycles. The first-order valence-corrected chi connectivity index (χ1v) is 3.49. The van der Waals surface area contributed by atoms with Gasteiger partial charge in [-0.05, 0) is 12.1 Å². The van der Waals surface area contributed by atoms with Crippen molar-refractivity contribution in [3.8, 4) is 17.2 Å². The summed E-state index contributed by atoms with van der Waals surface area (Å²) < 4.78 is 4.80. The molecule has 1 rings (SSSR count). The molecule has 0 spiro atoms. The number of carbonyl (C=O) groups is 1. The van der Waals surface area contributed by atoms with Crippen LogP contribution in [0.15, 0.2) is 18.2 Å². The number of ether oxygens (including phenoxy) is 1. The summed E-state index contributed by atoms with van der Waals surface area (Å²) in [4.78, 5) is 10.2. The highest BCUT2D eigenvalue weighted by Gasteiger charge is 2.02. The van der Waals surface area contributed by atoms with Gasteiger partial charge in [0.1, 0.15) is 5.75 Å². The zero-order chi connectivity index (χ0) is 9.84. The zero-order valence-corrected chi connectivity index (χ0v) is 6.65. The molecule has 5 heteroatoms. The number of benzene rings is 1. The fraction of sp³-hybridized carbons (Fsp3) is 0.125. The van der Waals surface area contributed by atoms with Gasteiger partial charge in [-0.25, -0.2) is 0 Å². The molecule has 0 unspecified atom stereocenters. The lowest BCUT2D eigenvalue weighted by Gasteiger charge is -2.03. The van der Waals surface area contributed by atoms with Crippen molar-refractivity contribution < 1.29 is 19.7 Å². The van der Waals surface area contributed by atoms with E-state index in [9.17, 15) is 4.79 Å². The number of amides is 1. The van der Waals surface area contributed by atoms with Crippen LogP contribution in [0.4, 0.5) is 0 Å². The highest BCUT2D eigenvalue weighted by atomic mass is 16.5. The van der Waals surface area contributed by atoms with Gasteiger partial charge < -0.3 is 14.9 Å². The van der Waals surface area contributed by atoms with Gasteiger partial charge in [0, 0.05) is 6.07 Å². The van der Waals surface area contributed by atoms with Crippen LogP contribution in [0.3, 0.4) is 0 Å². The van der Waals surface area contributed by atoms with Crippen molar-refractivity contribution in [2.24, 2.45) is 0 Å². The van der Waals surface area contributed by atoms with Crippen molar-refractivity contribution in [3.05, 3.63) is 18.2 Å². The van der Waals surface area contributed by atoms with E-state index in [0.29, 0.717) is 0 Å². The van der Waals surface area contributed by atoms with E-state index in [1.54, 1.807) is 0 Å². The number of hydrogen-bond donors (Lipinski definition) is 2. The Balaban J connectivity index is 2.68. The molecule has 0 aromatic heterocycles. The smallest absolute Gasteiger partial charge is 0.276 e. The number of phenols is 2. The lowest BCUT2D eigenvalue weighted by atomic mass is 10.3. The van der Waals surface area contributed by atoms with Crippen molar-refractivity contribution in [2.75, 3.05) is 6.61 Å². The molecule has 0 bridgehead atoms. The fourth-order valence-corrected chi connectivity index (χ4v) is 0.742. The van der Waals surface area contributed by atoms with Gasteiger partial charge in [0.05, 0.1) is 0 Å². The monoisotopic (exact) mass is 182 g/mol. The Morgan fingerprint density at radius 1 is 1.38 bits per heavy atom. The molecule has 0 aliphatic rings. The van der Waals surface area contributed by atoms with Gasteiger partial charge >= 0.3 is 0 Å². The predicted octanol–water partition coefficient (Wildman–Crippen LogP) is 0.286. The van der Waals surface area contributed by atoms with E-state index in [4.69, 9.17) is 20.7 Å². The number of phenolic OH excluding ortho intramolecular Hbond substituents is 2. The molecule has 0 saturated heterocycles. The average molecular weight is 182 g/mol. The largest absolute Gasteiger partial charge is 0.504 e. The van der Waals surface area contributed by atoms with E-state index >= 15 is 0 Å². The van der Waals surface area contributed by atoms with Crippen LogP contribution in [0.5, 0.6) is 17.2 Å². The van der Waals surface area contributed by atoms with Crippen molar-refractivity contribution in [1.29, 1.82) is 0 Å². The molecule has 1 aromatic rings. The number of nitrogens with one attached hydrogen (secondary N) is 1. The minimum absolute atomic E-state index is 0.232. The highest BCUT2D eigenvalue weighted by Crippen LogP contribution is 2.28. The second-order valence-electron chi connectivity index (χ2n) is 2.36. The summed E-state index contributed by atoms with van der Waals surface area (Å²) in [5.41, 5.74) is 6.55. The van der Waals surface area contributed by atoms with E-state index in [1.165, 1.54) is 12.1 Å². The molecule has 1 amide bonds. The van der Waals surface area contributed by atoms with Crippen LogP contribution >= 0.6 is 0 Å². The number of carbonyl (C=O) groups excluding carboxylic acids is 1. The van der Waals surface area contributed by atoms with Gasteiger partial charge in [0.15, 0.2) is 18.1 Å². The van der Waals surface area contributed by atoms with Gasteiger partial charge in [-0.2, -0.15) is 0 Å². The fourth-order valence-electron chi connectivity index (χ4n) is 0.742. The second kappa shape index (κ2) is 3.66. The van der Waals surface area contributed by atoms with Gasteiger partial charge in [0.2, 0.25) is 0 Å². The van der Waals surface area contributed by atoms with Crippen LogP contribution in [0.25, 0.3) is 0 Å². The number of aromatic hydroxyl groups is 2. The van der Waals surface area contributed by atoms with E-state index in [0.717, 1.165) is 6.07 Å². The quantitative estimate of drug-likeness (QED) is 0.657. The topological polar surface area (TPSA) is 90.6 Å². The van der Waals surface area contributed by atoms with E-state index in [1.807, 2.05) is 0 Å². The van der Waals surface area contributed by atoms with Crippen LogP contribution in [-0.4, -0.2) is 22.7 Å². The van der Waals surface area contributed by atoms with Crippen molar-refractivity contribution in [1.82, 2.24) is 5.73 Å². The first-order chi connectivity index (χ1) is 6.09. The first-order valence-electron chi connectivity index (χ1n) is 3.49. The maximum atomic E-state index is 10.2. The van der Waals surface area contributed by atoms with Gasteiger partial charge in [-0.1, -0.05) is 0 Å². The maximum Gasteiger partial charge on any atom is 0.276 e. The molecule has 3 N–H and O–H groups in total. The molecule has 0 aliphatic heterocycles. The average Bonchev–Trinajstić information content (AvgIpc) is 2.07. The van der Waals surface area contributed by atoms with Gasteiger partial charge in [-0.15, -0.1) is 0 Å². The van der Waals surface area contributed by atoms with Crippen LogP contribution < -0.4 is 10.5 Å². The Hall–Kier alpha value is -1.91. The van der Waals surface area contributed by atoms with Crippen molar-refractivity contribution in [2.45, 2.75) is 0 Å². The maximum absolute atomic E-state index is 10.2. The molecule has 0 atom stereocenters. The Labute approximate surface area is 74.4 Å². The lowest BCUT2D eigenvalue weighted by molar-refractivity contribution is -0.120. The summed E-state index contributed by atoms with van der Waals surface area (Å²) in [6.07, 6.45) is 0. The SMILES string of the molecule is [NH]C(=O)COc1ccc(O)c(O)c1. The summed E-state index contributed by atoms with van der Waals surface area (Å²) in [7, 11) is 0. The summed E-state index contributed by atoms with van der Waals surface area (Å²) >= 11 is 0. The van der Waals surface area contributed by atoms with Crippen molar-refractivity contribution in [3.63, 3.8) is 0 Å². The highest BCUT2D eigenvalue weighted by molar-refractivity contribution is 5.74. The lowest BCUT2D eigenvalue weighted by Crippen LogP contribution is -2.11. The molecule has 13 heavy (non-hydrogen) atoms. The van der Waals surface area contributed by atoms with E-state index in [2.05, 4.69) is 0 Å². The molecule has 69 valence electrons. The molecule has 0 heterocycles. The minimum atomic E-state index is -0.854. The summed E-state index contributed by atoms with van der Waals surface area (Å²) in [5, 5.41) is 17.9. The molecular weight excluding hydrogens is 174 g/mol. The minimum Gasteiger partial charge on any atom is -0.504 e. The Morgan fingerprint density at radius 3 is 2.62 bits per heavy atom. The first kappa shape index (κ1) is 9.18. The third kappa shape index (κ3) is 2.55. The Morgan fingerprint density at radius 2 is 2.08 bits per heavy atom. The molecular formula is C8H8NO4. The number of rotatable bonds is 3.